The summed E-state index contributed by atoms with van der Waals surface area (Å²) in [5, 5.41) is 0.782. The number of nitrogens with zero attached hydrogens (tertiary/aromatic N) is 1. The maximum absolute atomic E-state index is 6.33. The lowest BCUT2D eigenvalue weighted by molar-refractivity contribution is 0.310. The summed E-state index contributed by atoms with van der Waals surface area (Å²) < 4.78 is 5.68. The summed E-state index contributed by atoms with van der Waals surface area (Å²) in [7, 11) is 2.05. The second-order valence-electron chi connectivity index (χ2n) is 5.32. The van der Waals surface area contributed by atoms with Crippen molar-refractivity contribution < 1.29 is 4.74 Å². The van der Waals surface area contributed by atoms with Crippen molar-refractivity contribution in [2.75, 3.05) is 25.1 Å². The second kappa shape index (κ2) is 3.85. The number of hydrogen-bond acceptors (Lipinski definition) is 2. The van der Waals surface area contributed by atoms with Crippen molar-refractivity contribution in [3.05, 3.63) is 22.7 Å². The molecule has 0 aliphatic carbocycles. The van der Waals surface area contributed by atoms with E-state index in [-0.39, 0.29) is 5.41 Å². The fourth-order valence-corrected chi connectivity index (χ4v) is 2.25. The van der Waals surface area contributed by atoms with E-state index in [9.17, 15) is 0 Å². The van der Waals surface area contributed by atoms with Crippen LogP contribution < -0.4 is 9.64 Å². The van der Waals surface area contributed by atoms with E-state index in [0.29, 0.717) is 0 Å². The lowest BCUT2D eigenvalue weighted by Crippen LogP contribution is -2.29. The number of halogens is 1. The van der Waals surface area contributed by atoms with Gasteiger partial charge in [-0.1, -0.05) is 32.4 Å². The maximum Gasteiger partial charge on any atom is 0.144 e. The third kappa shape index (κ3) is 1.99. The highest BCUT2D eigenvalue weighted by Crippen LogP contribution is 2.41. The molecular formula is C13H18ClNO. The number of likely N-dealkylation sites (N-methyl/N-ethyl adjacent to an activating group) is 1. The molecule has 0 unspecified atom stereocenters. The monoisotopic (exact) mass is 239 g/mol. The summed E-state index contributed by atoms with van der Waals surface area (Å²) in [4.78, 5) is 2.15. The van der Waals surface area contributed by atoms with Crippen LogP contribution in [0.2, 0.25) is 5.02 Å². The first-order valence-electron chi connectivity index (χ1n) is 5.57. The molecular weight excluding hydrogens is 222 g/mol. The third-order valence-electron chi connectivity index (χ3n) is 2.96. The number of ether oxygens (including phenoxy) is 1. The van der Waals surface area contributed by atoms with E-state index < -0.39 is 0 Å². The maximum atomic E-state index is 6.33. The molecule has 88 valence electrons. The van der Waals surface area contributed by atoms with E-state index in [2.05, 4.69) is 31.7 Å². The van der Waals surface area contributed by atoms with E-state index in [0.717, 1.165) is 29.6 Å². The molecule has 1 aliphatic rings. The van der Waals surface area contributed by atoms with Crippen LogP contribution in [0.3, 0.4) is 0 Å². The van der Waals surface area contributed by atoms with Gasteiger partial charge in [0, 0.05) is 7.05 Å². The highest BCUT2D eigenvalue weighted by Gasteiger charge is 2.23. The molecule has 16 heavy (non-hydrogen) atoms. The fourth-order valence-electron chi connectivity index (χ4n) is 1.89. The lowest BCUT2D eigenvalue weighted by atomic mass is 9.86. The van der Waals surface area contributed by atoms with Gasteiger partial charge in [-0.15, -0.1) is 0 Å². The number of rotatable bonds is 0. The van der Waals surface area contributed by atoms with Crippen LogP contribution in [-0.4, -0.2) is 20.2 Å². The SMILES string of the molecule is CN1CCOc2cc(C(C)(C)C)cc(Cl)c21. The zero-order valence-corrected chi connectivity index (χ0v) is 11.1. The van der Waals surface area contributed by atoms with Crippen LogP contribution >= 0.6 is 11.6 Å². The number of anilines is 1. The molecule has 0 bridgehead atoms. The van der Waals surface area contributed by atoms with Crippen molar-refractivity contribution in [3.8, 4) is 5.75 Å². The Morgan fingerprint density at radius 2 is 2.00 bits per heavy atom. The van der Waals surface area contributed by atoms with Crippen molar-refractivity contribution in [1.82, 2.24) is 0 Å². The highest BCUT2D eigenvalue weighted by atomic mass is 35.5. The van der Waals surface area contributed by atoms with E-state index >= 15 is 0 Å². The van der Waals surface area contributed by atoms with Crippen molar-refractivity contribution in [2.24, 2.45) is 0 Å². The molecule has 0 atom stereocenters. The normalized spacial score (nSPS) is 15.7. The third-order valence-corrected chi connectivity index (χ3v) is 3.25. The molecule has 0 saturated heterocycles. The van der Waals surface area contributed by atoms with Gasteiger partial charge in [0.05, 0.1) is 17.3 Å². The van der Waals surface area contributed by atoms with Crippen LogP contribution in [0, 0.1) is 0 Å². The van der Waals surface area contributed by atoms with Crippen LogP contribution in [0.15, 0.2) is 12.1 Å². The highest BCUT2D eigenvalue weighted by molar-refractivity contribution is 6.33. The summed E-state index contributed by atoms with van der Waals surface area (Å²) in [6, 6.07) is 4.16. The van der Waals surface area contributed by atoms with Gasteiger partial charge in [0.2, 0.25) is 0 Å². The first-order chi connectivity index (χ1) is 7.39. The second-order valence-corrected chi connectivity index (χ2v) is 5.73. The minimum atomic E-state index is 0.0953. The quantitative estimate of drug-likeness (QED) is 0.688. The van der Waals surface area contributed by atoms with Crippen LogP contribution in [0.25, 0.3) is 0 Å². The van der Waals surface area contributed by atoms with Crippen molar-refractivity contribution >= 4 is 17.3 Å². The Morgan fingerprint density at radius 1 is 1.31 bits per heavy atom. The molecule has 0 aromatic heterocycles. The average Bonchev–Trinajstić information content (AvgIpc) is 2.15. The Balaban J connectivity index is 2.54. The minimum Gasteiger partial charge on any atom is -0.490 e. The molecule has 1 heterocycles. The van der Waals surface area contributed by atoms with E-state index in [1.165, 1.54) is 5.56 Å². The standard InChI is InChI=1S/C13H18ClNO/c1-13(2,3)9-7-10(14)12-11(8-9)16-6-5-15(12)4/h7-8H,5-6H2,1-4H3. The molecule has 3 heteroatoms. The molecule has 2 rings (SSSR count). The van der Waals surface area contributed by atoms with Gasteiger partial charge in [-0.25, -0.2) is 0 Å². The number of benzene rings is 1. The Kier molecular flexibility index (Phi) is 2.79. The zero-order chi connectivity index (χ0) is 11.9. The number of hydrogen-bond donors (Lipinski definition) is 0. The van der Waals surface area contributed by atoms with Crippen LogP contribution in [0.4, 0.5) is 5.69 Å². The first-order valence-corrected chi connectivity index (χ1v) is 5.95. The van der Waals surface area contributed by atoms with Gasteiger partial charge < -0.3 is 9.64 Å². The molecule has 0 amide bonds. The summed E-state index contributed by atoms with van der Waals surface area (Å²) in [6.07, 6.45) is 0. The molecule has 1 aromatic rings. The molecule has 0 spiro atoms. The van der Waals surface area contributed by atoms with Gasteiger partial charge in [0.25, 0.3) is 0 Å². The first kappa shape index (κ1) is 11.6. The summed E-state index contributed by atoms with van der Waals surface area (Å²) in [5.41, 5.74) is 2.32. The summed E-state index contributed by atoms with van der Waals surface area (Å²) >= 11 is 6.33. The lowest BCUT2D eigenvalue weighted by Gasteiger charge is -2.30. The molecule has 0 fully saturated rings. The van der Waals surface area contributed by atoms with Gasteiger partial charge in [-0.05, 0) is 23.1 Å². The zero-order valence-electron chi connectivity index (χ0n) is 10.3. The molecule has 1 aromatic carbocycles. The van der Waals surface area contributed by atoms with Crippen LogP contribution in [-0.2, 0) is 5.41 Å². The predicted octanol–water partition coefficient (Wildman–Crippen LogP) is 3.47. The smallest absolute Gasteiger partial charge is 0.144 e. The largest absolute Gasteiger partial charge is 0.490 e. The van der Waals surface area contributed by atoms with Gasteiger partial charge in [0.1, 0.15) is 12.4 Å². The molecule has 0 saturated carbocycles. The van der Waals surface area contributed by atoms with Crippen molar-refractivity contribution in [3.63, 3.8) is 0 Å². The Hall–Kier alpha value is -0.890. The van der Waals surface area contributed by atoms with Crippen LogP contribution in [0.5, 0.6) is 5.75 Å². The van der Waals surface area contributed by atoms with Gasteiger partial charge in [0.15, 0.2) is 0 Å². The van der Waals surface area contributed by atoms with Crippen LogP contribution in [0.1, 0.15) is 26.3 Å². The Bertz CT molecular complexity index is 409. The van der Waals surface area contributed by atoms with E-state index in [4.69, 9.17) is 16.3 Å². The minimum absolute atomic E-state index is 0.0953. The molecule has 0 radical (unpaired) electrons. The summed E-state index contributed by atoms with van der Waals surface area (Å²) in [6.45, 7) is 8.15. The summed E-state index contributed by atoms with van der Waals surface area (Å²) in [5.74, 6) is 0.908. The number of fused-ring (bicyclic) bond motifs is 1. The predicted molar refractivity (Wildman–Crippen MR) is 68.9 cm³/mol. The molecule has 2 nitrogen and oxygen atoms in total. The van der Waals surface area contributed by atoms with E-state index in [1.807, 2.05) is 13.1 Å². The Labute approximate surface area is 102 Å². The topological polar surface area (TPSA) is 12.5 Å². The van der Waals surface area contributed by atoms with Gasteiger partial charge in [-0.2, -0.15) is 0 Å². The Morgan fingerprint density at radius 3 is 2.62 bits per heavy atom. The molecule has 1 aliphatic heterocycles. The van der Waals surface area contributed by atoms with Crippen molar-refractivity contribution in [1.29, 1.82) is 0 Å². The van der Waals surface area contributed by atoms with Crippen molar-refractivity contribution in [2.45, 2.75) is 26.2 Å². The van der Waals surface area contributed by atoms with Gasteiger partial charge in [-0.3, -0.25) is 0 Å². The van der Waals surface area contributed by atoms with Gasteiger partial charge >= 0.3 is 0 Å². The molecule has 0 N–H and O–H groups in total. The fraction of sp³-hybridized carbons (Fsp3) is 0.538. The average molecular weight is 240 g/mol. The van der Waals surface area contributed by atoms with E-state index in [1.54, 1.807) is 0 Å².